The molecular weight excluding hydrogens is 370 g/mol. The number of anilines is 2. The molecule has 0 unspecified atom stereocenters. The smallest absolute Gasteiger partial charge is 0.414 e. The maximum atomic E-state index is 11.8. The van der Waals surface area contributed by atoms with Gasteiger partial charge in [-0.25, -0.2) is 14.7 Å². The summed E-state index contributed by atoms with van der Waals surface area (Å²) < 4.78 is 0. The predicted octanol–water partition coefficient (Wildman–Crippen LogP) is 3.63. The molecule has 3 N–H and O–H groups in total. The summed E-state index contributed by atoms with van der Waals surface area (Å²) in [6.45, 7) is 4.62. The second-order valence-electron chi connectivity index (χ2n) is 7.11. The number of pyridine rings is 1. The number of carboxylic acid groups (broad SMARTS) is 1. The Labute approximate surface area is 169 Å². The van der Waals surface area contributed by atoms with E-state index in [4.69, 9.17) is 0 Å². The van der Waals surface area contributed by atoms with E-state index < -0.39 is 6.09 Å². The SMILES string of the molecule is CC(C)CCN(C(=O)O)c1nc(NCCO)c2cc(-c3ccncc3)ccc2n1. The highest BCUT2D eigenvalue weighted by molar-refractivity contribution is 5.95. The van der Waals surface area contributed by atoms with Crippen molar-refractivity contribution >= 4 is 28.8 Å². The summed E-state index contributed by atoms with van der Waals surface area (Å²) in [5.41, 5.74) is 2.60. The monoisotopic (exact) mass is 395 g/mol. The summed E-state index contributed by atoms with van der Waals surface area (Å²) in [4.78, 5) is 26.0. The van der Waals surface area contributed by atoms with Crippen LogP contribution < -0.4 is 10.2 Å². The van der Waals surface area contributed by atoms with Gasteiger partial charge in [0.25, 0.3) is 0 Å². The molecule has 0 fully saturated rings. The highest BCUT2D eigenvalue weighted by atomic mass is 16.4. The van der Waals surface area contributed by atoms with Crippen LogP contribution >= 0.6 is 0 Å². The molecule has 2 heterocycles. The van der Waals surface area contributed by atoms with E-state index in [1.54, 1.807) is 12.4 Å². The van der Waals surface area contributed by atoms with E-state index in [0.29, 0.717) is 36.8 Å². The molecule has 0 atom stereocenters. The van der Waals surface area contributed by atoms with Gasteiger partial charge in [-0.2, -0.15) is 4.98 Å². The molecule has 0 bridgehead atoms. The molecule has 0 saturated heterocycles. The highest BCUT2D eigenvalue weighted by Crippen LogP contribution is 2.29. The number of hydrogen-bond donors (Lipinski definition) is 3. The topological polar surface area (TPSA) is 111 Å². The fraction of sp³-hybridized carbons (Fsp3) is 0.333. The fourth-order valence-electron chi connectivity index (χ4n) is 2.94. The number of fused-ring (bicyclic) bond motifs is 1. The number of amides is 1. The second kappa shape index (κ2) is 9.29. The Balaban J connectivity index is 2.08. The van der Waals surface area contributed by atoms with E-state index >= 15 is 0 Å². The lowest BCUT2D eigenvalue weighted by Crippen LogP contribution is -2.32. The lowest BCUT2D eigenvalue weighted by molar-refractivity contribution is 0.201. The number of hydrogen-bond acceptors (Lipinski definition) is 6. The highest BCUT2D eigenvalue weighted by Gasteiger charge is 2.20. The van der Waals surface area contributed by atoms with Crippen molar-refractivity contribution in [3.63, 3.8) is 0 Å². The Morgan fingerprint density at radius 1 is 1.14 bits per heavy atom. The fourth-order valence-corrected chi connectivity index (χ4v) is 2.94. The van der Waals surface area contributed by atoms with Crippen molar-refractivity contribution in [1.82, 2.24) is 15.0 Å². The number of rotatable bonds is 8. The molecule has 8 nitrogen and oxygen atoms in total. The van der Waals surface area contributed by atoms with Crippen LogP contribution in [0, 0.1) is 5.92 Å². The van der Waals surface area contributed by atoms with Crippen molar-refractivity contribution in [2.45, 2.75) is 20.3 Å². The Bertz CT molecular complexity index is 979. The van der Waals surface area contributed by atoms with Crippen LogP contribution in [0.25, 0.3) is 22.0 Å². The molecule has 0 radical (unpaired) electrons. The lowest BCUT2D eigenvalue weighted by Gasteiger charge is -2.20. The summed E-state index contributed by atoms with van der Waals surface area (Å²) >= 11 is 0. The summed E-state index contributed by atoms with van der Waals surface area (Å²) in [5, 5.41) is 22.7. The van der Waals surface area contributed by atoms with Gasteiger partial charge >= 0.3 is 6.09 Å². The molecule has 1 aromatic carbocycles. The van der Waals surface area contributed by atoms with Crippen LogP contribution in [-0.2, 0) is 0 Å². The zero-order valence-corrected chi connectivity index (χ0v) is 16.5. The van der Waals surface area contributed by atoms with Crippen molar-refractivity contribution in [3.05, 3.63) is 42.7 Å². The molecule has 152 valence electrons. The van der Waals surface area contributed by atoms with Gasteiger partial charge in [0.15, 0.2) is 0 Å². The van der Waals surface area contributed by atoms with E-state index in [-0.39, 0.29) is 12.6 Å². The normalized spacial score (nSPS) is 11.0. The minimum absolute atomic E-state index is 0.0686. The molecule has 0 spiro atoms. The maximum absolute atomic E-state index is 11.8. The van der Waals surface area contributed by atoms with Gasteiger partial charge in [0, 0.05) is 30.9 Å². The van der Waals surface area contributed by atoms with Gasteiger partial charge in [0.2, 0.25) is 5.95 Å². The predicted molar refractivity (Wildman–Crippen MR) is 113 cm³/mol. The third-order valence-corrected chi connectivity index (χ3v) is 4.50. The van der Waals surface area contributed by atoms with E-state index in [0.717, 1.165) is 16.5 Å². The molecule has 0 saturated carbocycles. The van der Waals surface area contributed by atoms with Crippen molar-refractivity contribution in [2.75, 3.05) is 29.9 Å². The first-order valence-corrected chi connectivity index (χ1v) is 9.57. The molecule has 3 rings (SSSR count). The largest absolute Gasteiger partial charge is 0.465 e. The van der Waals surface area contributed by atoms with Gasteiger partial charge in [-0.15, -0.1) is 0 Å². The first-order valence-electron chi connectivity index (χ1n) is 9.57. The molecule has 3 aromatic rings. The van der Waals surface area contributed by atoms with Gasteiger partial charge < -0.3 is 15.5 Å². The van der Waals surface area contributed by atoms with Crippen LogP contribution in [-0.4, -0.2) is 51.0 Å². The Morgan fingerprint density at radius 3 is 2.55 bits per heavy atom. The van der Waals surface area contributed by atoms with Crippen LogP contribution in [0.3, 0.4) is 0 Å². The number of aliphatic hydroxyl groups excluding tert-OH is 1. The molecule has 0 aliphatic rings. The van der Waals surface area contributed by atoms with Gasteiger partial charge in [-0.05, 0) is 47.7 Å². The molecule has 2 aromatic heterocycles. The zero-order chi connectivity index (χ0) is 20.8. The third-order valence-electron chi connectivity index (χ3n) is 4.50. The molecule has 8 heteroatoms. The van der Waals surface area contributed by atoms with Gasteiger partial charge in [-0.1, -0.05) is 19.9 Å². The van der Waals surface area contributed by atoms with Crippen LogP contribution in [0.15, 0.2) is 42.7 Å². The average Bonchev–Trinajstić information content (AvgIpc) is 2.72. The quantitative estimate of drug-likeness (QED) is 0.534. The molecule has 0 aliphatic heterocycles. The van der Waals surface area contributed by atoms with Crippen molar-refractivity contribution in [2.24, 2.45) is 5.92 Å². The van der Waals surface area contributed by atoms with Crippen LogP contribution in [0.4, 0.5) is 16.6 Å². The summed E-state index contributed by atoms with van der Waals surface area (Å²) in [6.07, 6.45) is 3.06. The van der Waals surface area contributed by atoms with Crippen LogP contribution in [0.5, 0.6) is 0 Å². The van der Waals surface area contributed by atoms with E-state index in [9.17, 15) is 15.0 Å². The van der Waals surface area contributed by atoms with Gasteiger partial charge in [0.1, 0.15) is 5.82 Å². The number of aliphatic hydroxyl groups is 1. The average molecular weight is 395 g/mol. The third kappa shape index (κ3) is 4.97. The van der Waals surface area contributed by atoms with E-state index in [1.807, 2.05) is 44.2 Å². The molecule has 1 amide bonds. The summed E-state index contributed by atoms with van der Waals surface area (Å²) in [6, 6.07) is 9.56. The first-order chi connectivity index (χ1) is 14.0. The van der Waals surface area contributed by atoms with Crippen molar-refractivity contribution in [3.8, 4) is 11.1 Å². The molecular formula is C21H25N5O3. The van der Waals surface area contributed by atoms with Crippen molar-refractivity contribution < 1.29 is 15.0 Å². The minimum Gasteiger partial charge on any atom is -0.465 e. The lowest BCUT2D eigenvalue weighted by atomic mass is 10.0. The Hall–Kier alpha value is -3.26. The first kappa shape index (κ1) is 20.5. The Morgan fingerprint density at radius 2 is 1.90 bits per heavy atom. The van der Waals surface area contributed by atoms with E-state index in [2.05, 4.69) is 20.3 Å². The van der Waals surface area contributed by atoms with Crippen LogP contribution in [0.1, 0.15) is 20.3 Å². The van der Waals surface area contributed by atoms with E-state index in [1.165, 1.54) is 4.90 Å². The zero-order valence-electron chi connectivity index (χ0n) is 16.5. The number of benzene rings is 1. The van der Waals surface area contributed by atoms with Crippen molar-refractivity contribution in [1.29, 1.82) is 0 Å². The number of carbonyl (C=O) groups is 1. The van der Waals surface area contributed by atoms with Gasteiger partial charge in [-0.3, -0.25) is 4.98 Å². The molecule has 29 heavy (non-hydrogen) atoms. The second-order valence-corrected chi connectivity index (χ2v) is 7.11. The minimum atomic E-state index is -1.09. The Kier molecular flexibility index (Phi) is 6.56. The maximum Gasteiger partial charge on any atom is 0.414 e. The van der Waals surface area contributed by atoms with Gasteiger partial charge in [0.05, 0.1) is 12.1 Å². The number of nitrogens with one attached hydrogen (secondary N) is 1. The number of nitrogens with zero attached hydrogens (tertiary/aromatic N) is 4. The standard InChI is InChI=1S/C21H25N5O3/c1-14(2)7-11-26(21(28)29)20-24-18-4-3-16(15-5-8-22-9-6-15)13-17(18)19(25-20)23-10-12-27/h3-6,8-9,13-14,27H,7,10-12H2,1-2H3,(H,28,29)(H,23,24,25). The molecule has 0 aliphatic carbocycles. The summed E-state index contributed by atoms with van der Waals surface area (Å²) in [7, 11) is 0. The van der Waals surface area contributed by atoms with Crippen LogP contribution in [0.2, 0.25) is 0 Å². The number of aromatic nitrogens is 3. The summed E-state index contributed by atoms with van der Waals surface area (Å²) in [5.74, 6) is 0.973.